The topological polar surface area (TPSA) is 83.6 Å². The Labute approximate surface area is 183 Å². The van der Waals surface area contributed by atoms with Crippen molar-refractivity contribution in [1.82, 2.24) is 9.62 Å². The fraction of sp³-hybridized carbons (Fsp3) is 0.364. The number of fused-ring (bicyclic) bond motifs is 1. The molecule has 0 saturated heterocycles. The molecule has 8 heteroatoms. The minimum Gasteiger partial charge on any atom is -0.345 e. The summed E-state index contributed by atoms with van der Waals surface area (Å²) >= 11 is 3.44. The molecule has 5 rings (SSSR count). The third-order valence-electron chi connectivity index (χ3n) is 6.23. The number of nitrogens with one attached hydrogen (secondary N) is 1. The summed E-state index contributed by atoms with van der Waals surface area (Å²) in [7, 11) is -3.88. The molecule has 1 aliphatic heterocycles. The fourth-order valence-electron chi connectivity index (χ4n) is 4.20. The van der Waals surface area contributed by atoms with Crippen LogP contribution in [0, 0.1) is 5.92 Å². The first-order chi connectivity index (χ1) is 14.4. The van der Waals surface area contributed by atoms with E-state index in [4.69, 9.17) is 0 Å². The number of nitrogens with zero attached hydrogens (tertiary/aromatic N) is 1. The van der Waals surface area contributed by atoms with Gasteiger partial charge in [0.2, 0.25) is 0 Å². The van der Waals surface area contributed by atoms with Crippen LogP contribution in [0.5, 0.6) is 0 Å². The molecule has 2 aromatic rings. The zero-order valence-corrected chi connectivity index (χ0v) is 18.6. The maximum atomic E-state index is 13.0. The van der Waals surface area contributed by atoms with E-state index in [0.29, 0.717) is 18.8 Å². The zero-order chi connectivity index (χ0) is 21.0. The van der Waals surface area contributed by atoms with Crippen LogP contribution in [-0.2, 0) is 10.0 Å². The minimum atomic E-state index is -3.88. The molecule has 2 aliphatic carbocycles. The first kappa shape index (κ1) is 19.8. The molecule has 156 valence electrons. The molecule has 2 aromatic carbocycles. The number of hydrogen-bond donors (Lipinski definition) is 1. The van der Waals surface area contributed by atoms with Crippen molar-refractivity contribution in [2.75, 3.05) is 0 Å². The molecule has 1 atom stereocenters. The molecular weight excluding hydrogens is 468 g/mol. The van der Waals surface area contributed by atoms with E-state index < -0.39 is 15.9 Å². The summed E-state index contributed by atoms with van der Waals surface area (Å²) in [5.74, 6) is -0.452. The Morgan fingerprint density at radius 1 is 1.07 bits per heavy atom. The number of amides is 2. The molecular formula is C22H21BrN2O4S. The summed E-state index contributed by atoms with van der Waals surface area (Å²) in [4.78, 5) is 25.5. The molecule has 0 radical (unpaired) electrons. The molecule has 2 amide bonds. The lowest BCUT2D eigenvalue weighted by Crippen LogP contribution is -2.36. The van der Waals surface area contributed by atoms with Crippen molar-refractivity contribution in [3.8, 4) is 0 Å². The normalized spacial score (nSPS) is 21.1. The van der Waals surface area contributed by atoms with Gasteiger partial charge in [0.1, 0.15) is 4.90 Å². The van der Waals surface area contributed by atoms with Crippen LogP contribution in [0.3, 0.4) is 0 Å². The van der Waals surface area contributed by atoms with Crippen LogP contribution < -0.4 is 5.32 Å². The third-order valence-corrected chi connectivity index (χ3v) is 8.63. The second-order valence-corrected chi connectivity index (χ2v) is 10.9. The number of carbonyl (C=O) groups excluding carboxylic acids is 2. The molecule has 1 unspecified atom stereocenters. The van der Waals surface area contributed by atoms with Gasteiger partial charge in [0.15, 0.2) is 0 Å². The van der Waals surface area contributed by atoms with Crippen molar-refractivity contribution < 1.29 is 18.0 Å². The van der Waals surface area contributed by atoms with Gasteiger partial charge in [-0.1, -0.05) is 34.5 Å². The Morgan fingerprint density at radius 3 is 2.37 bits per heavy atom. The second kappa shape index (κ2) is 7.20. The van der Waals surface area contributed by atoms with E-state index in [9.17, 15) is 18.0 Å². The number of sulfonamides is 1. The van der Waals surface area contributed by atoms with Gasteiger partial charge < -0.3 is 5.32 Å². The average molecular weight is 489 g/mol. The summed E-state index contributed by atoms with van der Waals surface area (Å²) < 4.78 is 27.7. The Kier molecular flexibility index (Phi) is 4.74. The Morgan fingerprint density at radius 2 is 1.77 bits per heavy atom. The van der Waals surface area contributed by atoms with Crippen molar-refractivity contribution in [3.63, 3.8) is 0 Å². The van der Waals surface area contributed by atoms with Gasteiger partial charge in [-0.25, -0.2) is 12.7 Å². The highest BCUT2D eigenvalue weighted by atomic mass is 79.9. The minimum absolute atomic E-state index is 0.0594. The van der Waals surface area contributed by atoms with Crippen molar-refractivity contribution in [1.29, 1.82) is 0 Å². The van der Waals surface area contributed by atoms with Crippen molar-refractivity contribution >= 4 is 37.8 Å². The highest BCUT2D eigenvalue weighted by molar-refractivity contribution is 9.10. The Bertz CT molecular complexity index is 1140. The van der Waals surface area contributed by atoms with Crippen LogP contribution in [0.2, 0.25) is 0 Å². The van der Waals surface area contributed by atoms with Gasteiger partial charge in [-0.2, -0.15) is 0 Å². The van der Waals surface area contributed by atoms with E-state index in [1.165, 1.54) is 18.2 Å². The SMILES string of the molecule is O=C(NC(c1ccc(Br)cc1)C1CCC1)c1ccc2c(c1)S(=O)(=O)N(C1CC1)C2=O. The smallest absolute Gasteiger partial charge is 0.269 e. The van der Waals surface area contributed by atoms with Gasteiger partial charge in [0, 0.05) is 16.1 Å². The van der Waals surface area contributed by atoms with Crippen LogP contribution in [0.25, 0.3) is 0 Å². The molecule has 30 heavy (non-hydrogen) atoms. The molecule has 0 aromatic heterocycles. The summed E-state index contributed by atoms with van der Waals surface area (Å²) in [6, 6.07) is 11.9. The standard InChI is InChI=1S/C22H21BrN2O4S/c23-16-7-4-14(5-8-16)20(13-2-1-3-13)24-21(26)15-6-11-18-19(12-15)30(28,29)25(22(18)27)17-9-10-17/h4-8,11-13,17,20H,1-3,9-10H2,(H,24,26). The van der Waals surface area contributed by atoms with Gasteiger partial charge in [-0.15, -0.1) is 0 Å². The van der Waals surface area contributed by atoms with Crippen LogP contribution in [0.1, 0.15) is 64.4 Å². The molecule has 1 N–H and O–H groups in total. The molecule has 1 heterocycles. The van der Waals surface area contributed by atoms with Gasteiger partial charge in [-0.05, 0) is 67.5 Å². The number of rotatable bonds is 5. The number of carbonyl (C=O) groups is 2. The van der Waals surface area contributed by atoms with Crippen LogP contribution in [0.4, 0.5) is 0 Å². The number of halogens is 1. The third kappa shape index (κ3) is 3.26. The quantitative estimate of drug-likeness (QED) is 0.688. The van der Waals surface area contributed by atoms with Crippen LogP contribution in [0.15, 0.2) is 51.8 Å². The van der Waals surface area contributed by atoms with Crippen LogP contribution >= 0.6 is 15.9 Å². The van der Waals surface area contributed by atoms with E-state index >= 15 is 0 Å². The largest absolute Gasteiger partial charge is 0.345 e. The van der Waals surface area contributed by atoms with Gasteiger partial charge in [-0.3, -0.25) is 9.59 Å². The van der Waals surface area contributed by atoms with Crippen molar-refractivity contribution in [2.45, 2.75) is 49.1 Å². The fourth-order valence-corrected chi connectivity index (χ4v) is 6.31. The van der Waals surface area contributed by atoms with E-state index in [1.807, 2.05) is 24.3 Å². The summed E-state index contributed by atoms with van der Waals surface area (Å²) in [5.41, 5.74) is 1.44. The molecule has 0 bridgehead atoms. The summed E-state index contributed by atoms with van der Waals surface area (Å²) in [6.07, 6.45) is 4.63. The highest BCUT2D eigenvalue weighted by Gasteiger charge is 2.48. The second-order valence-electron chi connectivity index (χ2n) is 8.24. The van der Waals surface area contributed by atoms with Crippen LogP contribution in [-0.4, -0.2) is 30.6 Å². The average Bonchev–Trinajstić information content (AvgIpc) is 3.48. The van der Waals surface area contributed by atoms with Crippen molar-refractivity contribution in [3.05, 3.63) is 63.6 Å². The number of hydrogen-bond acceptors (Lipinski definition) is 4. The summed E-state index contributed by atoms with van der Waals surface area (Å²) in [5, 5.41) is 3.10. The first-order valence-corrected chi connectivity index (χ1v) is 12.4. The number of benzene rings is 2. The summed E-state index contributed by atoms with van der Waals surface area (Å²) in [6.45, 7) is 0. The Hall–Kier alpha value is -2.19. The lowest BCUT2D eigenvalue weighted by molar-refractivity contribution is 0.0861. The van der Waals surface area contributed by atoms with E-state index in [-0.39, 0.29) is 34.0 Å². The highest BCUT2D eigenvalue weighted by Crippen LogP contribution is 2.40. The maximum absolute atomic E-state index is 13.0. The lowest BCUT2D eigenvalue weighted by atomic mass is 9.77. The zero-order valence-electron chi connectivity index (χ0n) is 16.2. The van der Waals surface area contributed by atoms with E-state index in [2.05, 4.69) is 21.2 Å². The van der Waals surface area contributed by atoms with Gasteiger partial charge >= 0.3 is 0 Å². The van der Waals surface area contributed by atoms with E-state index in [0.717, 1.165) is 33.6 Å². The van der Waals surface area contributed by atoms with Crippen molar-refractivity contribution in [2.24, 2.45) is 5.92 Å². The molecule has 3 aliphatic rings. The molecule has 2 saturated carbocycles. The molecule has 0 spiro atoms. The lowest BCUT2D eigenvalue weighted by Gasteiger charge is -2.34. The first-order valence-electron chi connectivity index (χ1n) is 10.2. The Balaban J connectivity index is 1.43. The van der Waals surface area contributed by atoms with Gasteiger partial charge in [0.05, 0.1) is 11.6 Å². The van der Waals surface area contributed by atoms with Gasteiger partial charge in [0.25, 0.3) is 21.8 Å². The monoisotopic (exact) mass is 488 g/mol. The molecule has 2 fully saturated rings. The van der Waals surface area contributed by atoms with E-state index in [1.54, 1.807) is 0 Å². The maximum Gasteiger partial charge on any atom is 0.269 e. The predicted molar refractivity (Wildman–Crippen MR) is 115 cm³/mol. The molecule has 6 nitrogen and oxygen atoms in total. The predicted octanol–water partition coefficient (Wildman–Crippen LogP) is 4.03.